The van der Waals surface area contributed by atoms with Crippen molar-refractivity contribution in [2.24, 2.45) is 0 Å². The third-order valence-electron chi connectivity index (χ3n) is 2.39. The summed E-state index contributed by atoms with van der Waals surface area (Å²) in [6.45, 7) is 0. The number of benzene rings is 2. The second kappa shape index (κ2) is 7.04. The summed E-state index contributed by atoms with van der Waals surface area (Å²) in [4.78, 5) is 0. The molecule has 2 heteroatoms. The second-order valence-electron chi connectivity index (χ2n) is 3.47. The molecular weight excluding hydrogens is 260 g/mol. The first kappa shape index (κ1) is 12.8. The summed E-state index contributed by atoms with van der Waals surface area (Å²) in [6.07, 6.45) is 0. The van der Waals surface area contributed by atoms with Crippen LogP contribution in [0.25, 0.3) is 0 Å². The average molecular weight is 273 g/mol. The van der Waals surface area contributed by atoms with Gasteiger partial charge < -0.3 is 0 Å². The van der Waals surface area contributed by atoms with E-state index in [0.29, 0.717) is 0 Å². The zero-order chi connectivity index (χ0) is 9.64. The minimum atomic E-state index is -0.110. The fraction of sp³-hybridized carbons (Fsp3) is 0.0769. The van der Waals surface area contributed by atoms with Gasteiger partial charge in [0.2, 0.25) is 0 Å². The normalized spacial score (nSPS) is 8.80. The molecule has 0 aliphatic carbocycles. The molecule has 0 aliphatic heterocycles. The summed E-state index contributed by atoms with van der Waals surface area (Å²) < 4.78 is 2.82. The average Bonchev–Trinajstić information content (AvgIpc) is 2.29. The summed E-state index contributed by atoms with van der Waals surface area (Å²) in [7, 11) is 0. The minimum absolute atomic E-state index is 0. The van der Waals surface area contributed by atoms with Crippen molar-refractivity contribution in [3.8, 4) is 0 Å². The summed E-state index contributed by atoms with van der Waals surface area (Å²) in [5, 5.41) is 0. The van der Waals surface area contributed by atoms with Crippen LogP contribution in [0.4, 0.5) is 0 Å². The van der Waals surface area contributed by atoms with Gasteiger partial charge in [0.1, 0.15) is 0 Å². The zero-order valence-corrected chi connectivity index (χ0v) is 11.7. The highest BCUT2D eigenvalue weighted by Gasteiger charge is 1.98. The fourth-order valence-corrected chi connectivity index (χ4v) is 3.09. The van der Waals surface area contributed by atoms with Crippen LogP contribution in [0, 0.1) is 0 Å². The third-order valence-corrected chi connectivity index (χ3v) is 4.26. The van der Waals surface area contributed by atoms with E-state index in [0.717, 1.165) is 0 Å². The van der Waals surface area contributed by atoms with Gasteiger partial charge in [-0.1, -0.05) is 66.2 Å². The highest BCUT2D eigenvalue weighted by Crippen LogP contribution is 1.98. The SMILES string of the molecule is Br.c1ccc([CH2][Mg][c]2ccccc2)cc1. The Bertz CT molecular complexity index is 333. The monoisotopic (exact) mass is 272 g/mol. The van der Waals surface area contributed by atoms with Gasteiger partial charge in [0, 0.05) is 0 Å². The molecule has 0 saturated carbocycles. The topological polar surface area (TPSA) is 0 Å². The van der Waals surface area contributed by atoms with Gasteiger partial charge in [-0.25, -0.2) is 0 Å². The predicted octanol–water partition coefficient (Wildman–Crippen LogP) is 2.79. The number of rotatable bonds is 3. The fourth-order valence-electron chi connectivity index (χ4n) is 1.58. The van der Waals surface area contributed by atoms with E-state index in [4.69, 9.17) is 0 Å². The molecule has 2 aromatic carbocycles. The van der Waals surface area contributed by atoms with Crippen molar-refractivity contribution in [2.45, 2.75) is 4.55 Å². The van der Waals surface area contributed by atoms with Crippen LogP contribution in [0.5, 0.6) is 0 Å². The van der Waals surface area contributed by atoms with Crippen LogP contribution in [0.1, 0.15) is 5.56 Å². The van der Waals surface area contributed by atoms with E-state index in [1.165, 1.54) is 10.1 Å². The molecule has 2 rings (SSSR count). The van der Waals surface area contributed by atoms with E-state index in [1.807, 2.05) is 0 Å². The van der Waals surface area contributed by atoms with Crippen LogP contribution in [0.2, 0.25) is 0 Å². The van der Waals surface area contributed by atoms with E-state index in [9.17, 15) is 0 Å². The largest absolute Gasteiger partial charge is 0.414 e. The van der Waals surface area contributed by atoms with Gasteiger partial charge in [0.05, 0.1) is 0 Å². The van der Waals surface area contributed by atoms with Crippen molar-refractivity contribution in [3.05, 3.63) is 66.2 Å². The van der Waals surface area contributed by atoms with Crippen molar-refractivity contribution in [2.75, 3.05) is 0 Å². The Kier molecular flexibility index (Phi) is 5.99. The Morgan fingerprint density at radius 1 is 0.733 bits per heavy atom. The first-order valence-electron chi connectivity index (χ1n) is 5.03. The van der Waals surface area contributed by atoms with Crippen molar-refractivity contribution in [1.29, 1.82) is 0 Å². The van der Waals surface area contributed by atoms with Gasteiger partial charge in [-0.2, -0.15) is 3.69 Å². The van der Waals surface area contributed by atoms with Gasteiger partial charge in [-0.3, -0.25) is 0 Å². The van der Waals surface area contributed by atoms with Gasteiger partial charge >= 0.3 is 20.4 Å². The molecule has 0 heterocycles. The van der Waals surface area contributed by atoms with Gasteiger partial charge in [-0.15, -0.1) is 21.5 Å². The zero-order valence-electron chi connectivity index (χ0n) is 8.60. The Morgan fingerprint density at radius 3 is 1.87 bits per heavy atom. The molecule has 0 atom stereocenters. The standard InChI is InChI=1S/C7H7.C6H5.BrH.Mg/c1-7-5-3-2-4-6-7;1-2-4-6-5-3-1;;/h2-6H,1H2;1-5H;1H;. The maximum absolute atomic E-state index is 2.25. The van der Waals surface area contributed by atoms with Gasteiger partial charge in [0.25, 0.3) is 0 Å². The Hall–Kier alpha value is -0.314. The molecule has 0 bridgehead atoms. The lowest BCUT2D eigenvalue weighted by molar-refractivity contribution is 1.39. The summed E-state index contributed by atoms with van der Waals surface area (Å²) in [5.41, 5.74) is 1.48. The molecule has 0 aromatic heterocycles. The Balaban J connectivity index is 0.00000112. The predicted molar refractivity (Wildman–Crippen MR) is 72.3 cm³/mol. The van der Waals surface area contributed by atoms with Crippen LogP contribution < -0.4 is 3.69 Å². The Labute approximate surface area is 111 Å². The van der Waals surface area contributed by atoms with E-state index in [1.54, 1.807) is 3.69 Å². The number of halogens is 1. The molecular formula is C13H13BrMg. The van der Waals surface area contributed by atoms with Crippen molar-refractivity contribution in [3.63, 3.8) is 0 Å². The van der Waals surface area contributed by atoms with Gasteiger partial charge in [0.15, 0.2) is 0 Å². The second-order valence-corrected chi connectivity index (χ2v) is 5.29. The maximum Gasteiger partial charge on any atom is 0.414 e. The molecule has 0 spiro atoms. The lowest BCUT2D eigenvalue weighted by Gasteiger charge is -1.99. The van der Waals surface area contributed by atoms with Crippen LogP contribution in [-0.4, -0.2) is 20.4 Å². The molecule has 0 aliphatic rings. The molecule has 2 aromatic rings. The molecule has 0 amide bonds. The summed E-state index contributed by atoms with van der Waals surface area (Å²) >= 11 is -0.110. The highest BCUT2D eigenvalue weighted by molar-refractivity contribution is 8.93. The lowest BCUT2D eigenvalue weighted by Crippen LogP contribution is -2.15. The smallest absolute Gasteiger partial charge is 0.173 e. The number of hydrogen-bond donors (Lipinski definition) is 0. The molecule has 15 heavy (non-hydrogen) atoms. The molecule has 74 valence electrons. The summed E-state index contributed by atoms with van der Waals surface area (Å²) in [5.74, 6) is 0. The van der Waals surface area contributed by atoms with Crippen molar-refractivity contribution < 1.29 is 0 Å². The van der Waals surface area contributed by atoms with E-state index in [-0.39, 0.29) is 37.3 Å². The third kappa shape index (κ3) is 4.37. The first-order chi connectivity index (χ1) is 6.95. The van der Waals surface area contributed by atoms with E-state index < -0.39 is 0 Å². The van der Waals surface area contributed by atoms with Crippen molar-refractivity contribution in [1.82, 2.24) is 0 Å². The van der Waals surface area contributed by atoms with E-state index >= 15 is 0 Å². The Morgan fingerprint density at radius 2 is 1.27 bits per heavy atom. The summed E-state index contributed by atoms with van der Waals surface area (Å²) in [6, 6.07) is 21.6. The van der Waals surface area contributed by atoms with E-state index in [2.05, 4.69) is 60.7 Å². The van der Waals surface area contributed by atoms with Gasteiger partial charge in [-0.05, 0) is 0 Å². The van der Waals surface area contributed by atoms with Crippen LogP contribution >= 0.6 is 17.0 Å². The highest BCUT2D eigenvalue weighted by atomic mass is 79.9. The molecule has 0 fully saturated rings. The quantitative estimate of drug-likeness (QED) is 0.754. The molecule has 0 N–H and O–H groups in total. The maximum atomic E-state index is 2.25. The van der Waals surface area contributed by atoms with Crippen LogP contribution in [0.15, 0.2) is 60.7 Å². The molecule has 0 radical (unpaired) electrons. The van der Waals surface area contributed by atoms with Crippen LogP contribution in [0.3, 0.4) is 0 Å². The molecule has 0 saturated heterocycles. The lowest BCUT2D eigenvalue weighted by atomic mass is 10.2. The minimum Gasteiger partial charge on any atom is -0.173 e. The number of hydrogen-bond acceptors (Lipinski definition) is 0. The van der Waals surface area contributed by atoms with Crippen molar-refractivity contribution >= 4 is 41.0 Å². The first-order valence-corrected chi connectivity index (χ1v) is 6.74. The van der Waals surface area contributed by atoms with Crippen LogP contribution in [-0.2, 0) is 4.55 Å². The molecule has 0 unspecified atom stereocenters. The molecule has 0 nitrogen and oxygen atoms in total.